The summed E-state index contributed by atoms with van der Waals surface area (Å²) in [5, 5.41) is 3.37. The van der Waals surface area contributed by atoms with E-state index in [-0.39, 0.29) is 5.41 Å². The van der Waals surface area contributed by atoms with Crippen LogP contribution in [0.4, 0.5) is 5.69 Å². The number of methoxy groups -OCH3 is 3. The van der Waals surface area contributed by atoms with E-state index in [1.807, 2.05) is 12.1 Å². The second kappa shape index (κ2) is 5.85. The molecule has 4 heteroatoms. The van der Waals surface area contributed by atoms with Crippen LogP contribution in [0, 0.1) is 5.41 Å². The molecule has 4 nitrogen and oxygen atoms in total. The highest BCUT2D eigenvalue weighted by Crippen LogP contribution is 2.42. The molecular weight excluding hydrogens is 230 g/mol. The summed E-state index contributed by atoms with van der Waals surface area (Å²) >= 11 is 0. The summed E-state index contributed by atoms with van der Waals surface area (Å²) < 4.78 is 16.0. The van der Waals surface area contributed by atoms with E-state index in [9.17, 15) is 0 Å². The second-order valence-corrected chi connectivity index (χ2v) is 5.30. The quantitative estimate of drug-likeness (QED) is 0.875. The fraction of sp³-hybridized carbons (Fsp3) is 0.571. The number of hydrogen-bond donors (Lipinski definition) is 1. The molecule has 1 aromatic carbocycles. The first kappa shape index (κ1) is 14.5. The molecule has 102 valence electrons. The lowest BCUT2D eigenvalue weighted by Gasteiger charge is -2.22. The highest BCUT2D eigenvalue weighted by atomic mass is 16.5. The Morgan fingerprint density at radius 2 is 1.56 bits per heavy atom. The lowest BCUT2D eigenvalue weighted by Crippen LogP contribution is -2.19. The lowest BCUT2D eigenvalue weighted by atomic mass is 9.97. The largest absolute Gasteiger partial charge is 0.493 e. The van der Waals surface area contributed by atoms with Crippen molar-refractivity contribution in [2.45, 2.75) is 20.8 Å². The Hall–Kier alpha value is -1.58. The molecule has 0 aliphatic carbocycles. The van der Waals surface area contributed by atoms with E-state index in [4.69, 9.17) is 14.2 Å². The zero-order valence-corrected chi connectivity index (χ0v) is 12.1. The van der Waals surface area contributed by atoms with Gasteiger partial charge in [-0.15, -0.1) is 0 Å². The van der Waals surface area contributed by atoms with Crippen LogP contribution in [0.15, 0.2) is 12.1 Å². The van der Waals surface area contributed by atoms with Crippen LogP contribution >= 0.6 is 0 Å². The minimum Gasteiger partial charge on any atom is -0.493 e. The molecule has 1 aromatic rings. The van der Waals surface area contributed by atoms with Crippen molar-refractivity contribution in [3.8, 4) is 17.2 Å². The van der Waals surface area contributed by atoms with Gasteiger partial charge in [0.05, 0.1) is 27.0 Å². The Balaban J connectivity index is 3.05. The van der Waals surface area contributed by atoms with Crippen molar-refractivity contribution in [2.24, 2.45) is 5.41 Å². The molecule has 1 rings (SSSR count). The van der Waals surface area contributed by atoms with Gasteiger partial charge in [0.2, 0.25) is 5.75 Å². The van der Waals surface area contributed by atoms with Gasteiger partial charge < -0.3 is 19.5 Å². The Kier molecular flexibility index (Phi) is 4.70. The molecule has 0 saturated heterocycles. The Morgan fingerprint density at radius 1 is 0.944 bits per heavy atom. The Morgan fingerprint density at radius 3 is 2.00 bits per heavy atom. The van der Waals surface area contributed by atoms with Crippen LogP contribution in [0.3, 0.4) is 0 Å². The number of rotatable bonds is 5. The predicted molar refractivity (Wildman–Crippen MR) is 74.0 cm³/mol. The minimum absolute atomic E-state index is 0.193. The topological polar surface area (TPSA) is 39.7 Å². The smallest absolute Gasteiger partial charge is 0.205 e. The molecule has 0 bridgehead atoms. The van der Waals surface area contributed by atoms with E-state index in [1.165, 1.54) is 0 Å². The maximum Gasteiger partial charge on any atom is 0.205 e. The summed E-state index contributed by atoms with van der Waals surface area (Å²) in [6, 6.07) is 3.80. The first-order valence-corrected chi connectivity index (χ1v) is 5.95. The lowest BCUT2D eigenvalue weighted by molar-refractivity contribution is 0.325. The molecule has 0 aliphatic heterocycles. The van der Waals surface area contributed by atoms with Gasteiger partial charge in [0, 0.05) is 6.54 Å². The molecule has 0 spiro atoms. The van der Waals surface area contributed by atoms with Crippen LogP contribution in [-0.4, -0.2) is 27.9 Å². The first-order chi connectivity index (χ1) is 8.42. The molecule has 0 radical (unpaired) electrons. The first-order valence-electron chi connectivity index (χ1n) is 5.95. The van der Waals surface area contributed by atoms with Crippen LogP contribution in [0.1, 0.15) is 20.8 Å². The summed E-state index contributed by atoms with van der Waals surface area (Å²) in [7, 11) is 4.84. The number of hydrogen-bond acceptors (Lipinski definition) is 4. The van der Waals surface area contributed by atoms with Gasteiger partial charge in [0.25, 0.3) is 0 Å². The minimum atomic E-state index is 0.193. The normalized spacial score (nSPS) is 11.0. The van der Waals surface area contributed by atoms with E-state index in [2.05, 4.69) is 26.1 Å². The number of anilines is 1. The van der Waals surface area contributed by atoms with Gasteiger partial charge in [0.1, 0.15) is 0 Å². The van der Waals surface area contributed by atoms with E-state index < -0.39 is 0 Å². The monoisotopic (exact) mass is 253 g/mol. The molecule has 0 unspecified atom stereocenters. The van der Waals surface area contributed by atoms with E-state index in [0.29, 0.717) is 17.2 Å². The molecule has 0 atom stereocenters. The molecule has 1 N–H and O–H groups in total. The summed E-state index contributed by atoms with van der Waals surface area (Å²) in [5.41, 5.74) is 1.10. The van der Waals surface area contributed by atoms with Crippen molar-refractivity contribution in [2.75, 3.05) is 33.2 Å². The molecule has 18 heavy (non-hydrogen) atoms. The molecule has 0 aromatic heterocycles. The van der Waals surface area contributed by atoms with Gasteiger partial charge in [-0.2, -0.15) is 0 Å². The van der Waals surface area contributed by atoms with E-state index in [0.717, 1.165) is 12.2 Å². The standard InChI is InChI=1S/C14H23NO3/c1-14(2,3)9-15-10-7-8-11(16-4)13(18-6)12(10)17-5/h7-8,15H,9H2,1-6H3. The summed E-state index contributed by atoms with van der Waals surface area (Å²) in [5.74, 6) is 1.94. The summed E-state index contributed by atoms with van der Waals surface area (Å²) in [4.78, 5) is 0. The maximum atomic E-state index is 5.41. The van der Waals surface area contributed by atoms with E-state index >= 15 is 0 Å². The molecule has 0 aliphatic rings. The van der Waals surface area contributed by atoms with Crippen LogP contribution in [0.25, 0.3) is 0 Å². The van der Waals surface area contributed by atoms with Crippen molar-refractivity contribution < 1.29 is 14.2 Å². The van der Waals surface area contributed by atoms with Gasteiger partial charge in [-0.25, -0.2) is 0 Å². The highest BCUT2D eigenvalue weighted by molar-refractivity contribution is 5.68. The highest BCUT2D eigenvalue weighted by Gasteiger charge is 2.17. The van der Waals surface area contributed by atoms with Gasteiger partial charge in [-0.3, -0.25) is 0 Å². The molecule has 0 saturated carbocycles. The summed E-state index contributed by atoms with van der Waals surface area (Å²) in [6.07, 6.45) is 0. The molecule has 0 fully saturated rings. The maximum absolute atomic E-state index is 5.41. The third kappa shape index (κ3) is 3.45. The molecular formula is C14H23NO3. The average Bonchev–Trinajstić information content (AvgIpc) is 2.33. The van der Waals surface area contributed by atoms with Crippen LogP contribution < -0.4 is 19.5 Å². The predicted octanol–water partition coefficient (Wildman–Crippen LogP) is 3.17. The van der Waals surface area contributed by atoms with Crippen LogP contribution in [-0.2, 0) is 0 Å². The van der Waals surface area contributed by atoms with Crippen molar-refractivity contribution in [3.05, 3.63) is 12.1 Å². The second-order valence-electron chi connectivity index (χ2n) is 5.30. The van der Waals surface area contributed by atoms with Crippen molar-refractivity contribution in [3.63, 3.8) is 0 Å². The zero-order chi connectivity index (χ0) is 13.8. The fourth-order valence-electron chi connectivity index (χ4n) is 1.60. The third-order valence-corrected chi connectivity index (χ3v) is 2.51. The van der Waals surface area contributed by atoms with Gasteiger partial charge in [-0.05, 0) is 17.5 Å². The van der Waals surface area contributed by atoms with Crippen LogP contribution in [0.2, 0.25) is 0 Å². The summed E-state index contributed by atoms with van der Waals surface area (Å²) in [6.45, 7) is 7.37. The number of benzene rings is 1. The number of nitrogens with one attached hydrogen (secondary N) is 1. The Labute approximate surface area is 109 Å². The Bertz CT molecular complexity index is 397. The number of ether oxygens (including phenoxy) is 3. The van der Waals surface area contributed by atoms with Gasteiger partial charge >= 0.3 is 0 Å². The van der Waals surface area contributed by atoms with Gasteiger partial charge in [0.15, 0.2) is 11.5 Å². The van der Waals surface area contributed by atoms with Gasteiger partial charge in [-0.1, -0.05) is 20.8 Å². The molecule has 0 heterocycles. The van der Waals surface area contributed by atoms with Crippen LogP contribution in [0.5, 0.6) is 17.2 Å². The third-order valence-electron chi connectivity index (χ3n) is 2.51. The van der Waals surface area contributed by atoms with Crippen molar-refractivity contribution >= 4 is 5.69 Å². The van der Waals surface area contributed by atoms with E-state index in [1.54, 1.807) is 21.3 Å². The molecule has 0 amide bonds. The van der Waals surface area contributed by atoms with Crippen molar-refractivity contribution in [1.29, 1.82) is 0 Å². The van der Waals surface area contributed by atoms with Crippen molar-refractivity contribution in [1.82, 2.24) is 0 Å². The SMILES string of the molecule is COc1ccc(NCC(C)(C)C)c(OC)c1OC. The fourth-order valence-corrected chi connectivity index (χ4v) is 1.60. The zero-order valence-electron chi connectivity index (χ0n) is 12.1. The average molecular weight is 253 g/mol.